The van der Waals surface area contributed by atoms with Crippen LogP contribution < -0.4 is 4.74 Å². The number of nitrogens with zero attached hydrogens (tertiary/aromatic N) is 2. The predicted octanol–water partition coefficient (Wildman–Crippen LogP) is 3.57. The Kier molecular flexibility index (Phi) is 6.08. The number of carbonyl (C=O) groups excluding carboxylic acids is 1. The molecule has 1 aromatic carbocycles. The van der Waals surface area contributed by atoms with Gasteiger partial charge in [0.1, 0.15) is 12.2 Å². The molecule has 1 aliphatic heterocycles. The van der Waals surface area contributed by atoms with Crippen LogP contribution in [0.15, 0.2) is 30.5 Å². The maximum absolute atomic E-state index is 12.9. The van der Waals surface area contributed by atoms with E-state index in [2.05, 4.69) is 9.82 Å². The van der Waals surface area contributed by atoms with E-state index >= 15 is 0 Å². The molecule has 31 heavy (non-hydrogen) atoms. The van der Waals surface area contributed by atoms with Crippen LogP contribution in [0.1, 0.15) is 41.3 Å². The topological polar surface area (TPSA) is 110 Å². The summed E-state index contributed by atoms with van der Waals surface area (Å²) < 4.78 is 16.9. The Morgan fingerprint density at radius 1 is 1.26 bits per heavy atom. The second kappa shape index (κ2) is 8.78. The molecule has 0 saturated heterocycles. The fraction of sp³-hybridized carbons (Fsp3) is 0.429. The molecule has 4 rings (SSSR count). The average molecular weight is 449 g/mol. The lowest BCUT2D eigenvalue weighted by Gasteiger charge is -2.15. The normalized spacial score (nSPS) is 24.6. The molecule has 0 amide bonds. The van der Waals surface area contributed by atoms with Gasteiger partial charge in [-0.3, -0.25) is 9.78 Å². The number of ether oxygens (including phenoxy) is 3. The Balaban J connectivity index is 1.54. The van der Waals surface area contributed by atoms with E-state index in [1.807, 2.05) is 12.1 Å². The summed E-state index contributed by atoms with van der Waals surface area (Å²) in [5, 5.41) is 10.5. The number of rotatable bonds is 6. The summed E-state index contributed by atoms with van der Waals surface area (Å²) in [7, 11) is 1.43. The van der Waals surface area contributed by atoms with E-state index in [9.17, 15) is 14.9 Å². The van der Waals surface area contributed by atoms with Gasteiger partial charge in [0.2, 0.25) is 0 Å². The van der Waals surface area contributed by atoms with Crippen LogP contribution in [0.4, 0.5) is 0 Å². The fourth-order valence-electron chi connectivity index (χ4n) is 4.14. The van der Waals surface area contributed by atoms with Crippen LogP contribution in [-0.2, 0) is 25.7 Å². The molecule has 164 valence electrons. The standard InChI is InChI=1S/C21H21ClN2O7/c1-11-19(30-21(25)13-7-17(28-2)18(8-13)31-24(26)27)16-10-29-20(15(16)9-23-11)12-3-5-14(22)6-4-12/h3-6,9,13,17-18,20H,7-8,10H2,1-2H3/t13-,17-,18+,20?/m0/s1. The molecule has 2 aromatic rings. The molecule has 9 nitrogen and oxygen atoms in total. The quantitative estimate of drug-likeness (QED) is 0.374. The number of aryl methyl sites for hydroxylation is 1. The third-order valence-corrected chi connectivity index (χ3v) is 5.96. The Morgan fingerprint density at radius 3 is 2.65 bits per heavy atom. The van der Waals surface area contributed by atoms with Crippen LogP contribution in [0.25, 0.3) is 0 Å². The number of halogens is 1. The van der Waals surface area contributed by atoms with Gasteiger partial charge in [-0.25, -0.2) is 0 Å². The van der Waals surface area contributed by atoms with Crippen LogP contribution in [0.5, 0.6) is 5.75 Å². The van der Waals surface area contributed by atoms with E-state index < -0.39 is 29.2 Å². The first-order valence-electron chi connectivity index (χ1n) is 9.78. The van der Waals surface area contributed by atoms with Gasteiger partial charge < -0.3 is 19.0 Å². The molecule has 2 heterocycles. The van der Waals surface area contributed by atoms with Crippen molar-refractivity contribution < 1.29 is 28.9 Å². The number of benzene rings is 1. The highest BCUT2D eigenvalue weighted by Crippen LogP contribution is 2.41. The molecule has 1 unspecified atom stereocenters. The van der Waals surface area contributed by atoms with E-state index in [0.717, 1.165) is 16.7 Å². The molecule has 0 bridgehead atoms. The monoisotopic (exact) mass is 448 g/mol. The lowest BCUT2D eigenvalue weighted by atomic mass is 10.00. The van der Waals surface area contributed by atoms with Crippen molar-refractivity contribution in [1.82, 2.24) is 4.98 Å². The van der Waals surface area contributed by atoms with Gasteiger partial charge in [0.25, 0.3) is 5.09 Å². The molecule has 2 aliphatic rings. The predicted molar refractivity (Wildman–Crippen MR) is 108 cm³/mol. The number of pyridine rings is 1. The molecule has 1 fully saturated rings. The van der Waals surface area contributed by atoms with Crippen LogP contribution >= 0.6 is 11.6 Å². The van der Waals surface area contributed by atoms with Gasteiger partial charge in [-0.05, 0) is 37.5 Å². The summed E-state index contributed by atoms with van der Waals surface area (Å²) in [5.41, 5.74) is 3.07. The van der Waals surface area contributed by atoms with E-state index in [0.29, 0.717) is 16.5 Å². The van der Waals surface area contributed by atoms with Crippen molar-refractivity contribution >= 4 is 17.6 Å². The van der Waals surface area contributed by atoms with E-state index in [4.69, 9.17) is 25.8 Å². The summed E-state index contributed by atoms with van der Waals surface area (Å²) in [6.07, 6.45) is 0.450. The van der Waals surface area contributed by atoms with Crippen LogP contribution in [0, 0.1) is 23.0 Å². The van der Waals surface area contributed by atoms with Gasteiger partial charge in [-0.1, -0.05) is 23.7 Å². The number of carbonyl (C=O) groups is 1. The van der Waals surface area contributed by atoms with Crippen LogP contribution in [-0.4, -0.2) is 35.4 Å². The number of methoxy groups -OCH3 is 1. The van der Waals surface area contributed by atoms with Crippen molar-refractivity contribution in [1.29, 1.82) is 0 Å². The third kappa shape index (κ3) is 4.34. The Hall–Kier alpha value is -2.75. The van der Waals surface area contributed by atoms with Crippen LogP contribution in [0.3, 0.4) is 0 Å². The highest BCUT2D eigenvalue weighted by atomic mass is 35.5. The largest absolute Gasteiger partial charge is 0.424 e. The summed E-state index contributed by atoms with van der Waals surface area (Å²) in [6.45, 7) is 2.02. The van der Waals surface area contributed by atoms with Gasteiger partial charge in [0, 0.05) is 29.5 Å². The number of fused-ring (bicyclic) bond motifs is 1. The molecule has 10 heteroatoms. The minimum Gasteiger partial charge on any atom is -0.424 e. The molecule has 4 atom stereocenters. The summed E-state index contributed by atoms with van der Waals surface area (Å²) >= 11 is 5.98. The maximum atomic E-state index is 12.9. The van der Waals surface area contributed by atoms with E-state index in [1.165, 1.54) is 7.11 Å². The Morgan fingerprint density at radius 2 is 1.97 bits per heavy atom. The minimum absolute atomic E-state index is 0.143. The second-order valence-corrected chi connectivity index (χ2v) is 8.02. The van der Waals surface area contributed by atoms with Crippen molar-refractivity contribution in [2.45, 2.75) is 44.7 Å². The lowest BCUT2D eigenvalue weighted by molar-refractivity contribution is -0.770. The number of aromatic nitrogens is 1. The maximum Gasteiger partial charge on any atom is 0.314 e. The van der Waals surface area contributed by atoms with Crippen molar-refractivity contribution in [3.05, 3.63) is 68.0 Å². The highest BCUT2D eigenvalue weighted by molar-refractivity contribution is 6.30. The SMILES string of the molecule is CO[C@H]1C[C@H](C(=O)Oc2c(C)ncc3c2COC3c2ccc(Cl)cc2)C[C@H]1O[N+](=O)[O-]. The van der Waals surface area contributed by atoms with Crippen LogP contribution in [0.2, 0.25) is 5.02 Å². The van der Waals surface area contributed by atoms with Gasteiger partial charge in [0.05, 0.1) is 24.3 Å². The number of hydrogen-bond donors (Lipinski definition) is 0. The molecule has 1 saturated carbocycles. The number of hydrogen-bond acceptors (Lipinski definition) is 8. The fourth-order valence-corrected chi connectivity index (χ4v) is 4.26. The molecule has 0 N–H and O–H groups in total. The van der Waals surface area contributed by atoms with Gasteiger partial charge in [0.15, 0.2) is 5.75 Å². The zero-order valence-corrected chi connectivity index (χ0v) is 17.7. The van der Waals surface area contributed by atoms with Gasteiger partial charge in [-0.2, -0.15) is 0 Å². The molecule has 1 aromatic heterocycles. The first-order valence-corrected chi connectivity index (χ1v) is 10.2. The minimum atomic E-state index is -0.864. The second-order valence-electron chi connectivity index (χ2n) is 7.58. The summed E-state index contributed by atoms with van der Waals surface area (Å²) in [5.74, 6) is -0.712. The zero-order valence-electron chi connectivity index (χ0n) is 16.9. The van der Waals surface area contributed by atoms with Gasteiger partial charge >= 0.3 is 5.97 Å². The van der Waals surface area contributed by atoms with E-state index in [1.54, 1.807) is 25.3 Å². The summed E-state index contributed by atoms with van der Waals surface area (Å²) in [4.78, 5) is 32.6. The molecule has 0 spiro atoms. The molecule has 0 radical (unpaired) electrons. The Labute approximate surface area is 183 Å². The van der Waals surface area contributed by atoms with Crippen molar-refractivity contribution in [2.24, 2.45) is 5.92 Å². The van der Waals surface area contributed by atoms with Crippen molar-refractivity contribution in [3.8, 4) is 5.75 Å². The smallest absolute Gasteiger partial charge is 0.314 e. The number of esters is 1. The third-order valence-electron chi connectivity index (χ3n) is 5.71. The van der Waals surface area contributed by atoms with Crippen molar-refractivity contribution in [2.75, 3.05) is 7.11 Å². The molecular weight excluding hydrogens is 428 g/mol. The average Bonchev–Trinajstić information content (AvgIpc) is 3.34. The lowest BCUT2D eigenvalue weighted by Crippen LogP contribution is -2.27. The highest BCUT2D eigenvalue weighted by Gasteiger charge is 2.42. The molecule has 1 aliphatic carbocycles. The Bertz CT molecular complexity index is 998. The first kappa shape index (κ1) is 21.5. The van der Waals surface area contributed by atoms with E-state index in [-0.39, 0.29) is 25.6 Å². The summed E-state index contributed by atoms with van der Waals surface area (Å²) in [6, 6.07) is 7.34. The first-order chi connectivity index (χ1) is 14.9. The van der Waals surface area contributed by atoms with Crippen molar-refractivity contribution in [3.63, 3.8) is 0 Å². The zero-order chi connectivity index (χ0) is 22.1. The van der Waals surface area contributed by atoms with Gasteiger partial charge in [-0.15, -0.1) is 10.1 Å². The molecular formula is C21H21ClN2O7.